The molecule has 0 radical (unpaired) electrons. The number of amides is 1. The van der Waals surface area contributed by atoms with Crippen molar-refractivity contribution in [3.8, 4) is 0 Å². The van der Waals surface area contributed by atoms with E-state index in [0.717, 1.165) is 36.9 Å². The zero-order valence-corrected chi connectivity index (χ0v) is 18.1. The highest BCUT2D eigenvalue weighted by Gasteiger charge is 2.29. The molecule has 1 aliphatic rings. The second kappa shape index (κ2) is 10.4. The lowest BCUT2D eigenvalue weighted by Gasteiger charge is -2.29. The number of Topliss-reactive ketones (excluding diaryl/α,β-unsaturated/α-hetero) is 1. The van der Waals surface area contributed by atoms with Gasteiger partial charge in [-0.2, -0.15) is 0 Å². The maximum absolute atomic E-state index is 12.8. The summed E-state index contributed by atoms with van der Waals surface area (Å²) < 4.78 is 0. The fourth-order valence-corrected chi connectivity index (χ4v) is 4.42. The normalized spacial score (nSPS) is 19.8. The lowest BCUT2D eigenvalue weighted by Crippen LogP contribution is -2.43. The molecule has 0 spiro atoms. The highest BCUT2D eigenvalue weighted by Crippen LogP contribution is 2.31. The van der Waals surface area contributed by atoms with Gasteiger partial charge in [-0.3, -0.25) is 9.59 Å². The second-order valence-corrected chi connectivity index (χ2v) is 8.60. The number of benzene rings is 1. The summed E-state index contributed by atoms with van der Waals surface area (Å²) in [6, 6.07) is 13.7. The predicted octanol–water partition coefficient (Wildman–Crippen LogP) is 4.03. The number of carbonyl (C=O) groups excluding carboxylic acids is 2. The number of rotatable bonds is 8. The molecule has 160 valence electrons. The van der Waals surface area contributed by atoms with Gasteiger partial charge in [-0.1, -0.05) is 49.2 Å². The maximum Gasteiger partial charge on any atom is 0.223 e. The third kappa shape index (κ3) is 6.15. The van der Waals surface area contributed by atoms with Crippen LogP contribution in [0.1, 0.15) is 55.8 Å². The van der Waals surface area contributed by atoms with E-state index in [1.165, 1.54) is 12.0 Å². The van der Waals surface area contributed by atoms with Crippen molar-refractivity contribution in [3.63, 3.8) is 0 Å². The molecule has 1 heterocycles. The van der Waals surface area contributed by atoms with Crippen LogP contribution in [0.25, 0.3) is 0 Å². The average molecular weight is 408 g/mol. The van der Waals surface area contributed by atoms with Crippen molar-refractivity contribution >= 4 is 17.5 Å². The molecule has 1 aliphatic carbocycles. The summed E-state index contributed by atoms with van der Waals surface area (Å²) >= 11 is 0. The van der Waals surface area contributed by atoms with Crippen LogP contribution < -0.4 is 11.1 Å². The van der Waals surface area contributed by atoms with Crippen LogP contribution in [0.4, 0.5) is 5.82 Å². The van der Waals surface area contributed by atoms with E-state index in [9.17, 15) is 9.59 Å². The summed E-state index contributed by atoms with van der Waals surface area (Å²) in [5.41, 5.74) is 8.89. The van der Waals surface area contributed by atoms with Crippen molar-refractivity contribution in [1.29, 1.82) is 0 Å². The zero-order valence-electron chi connectivity index (χ0n) is 18.1. The fourth-order valence-electron chi connectivity index (χ4n) is 4.42. The standard InChI is InChI=1S/C25H33N3O2/c1-17-21(12-14-24(26)27-17)11-13-23(29)18(2)28-25(30)22-10-6-9-20(16-22)15-19-7-4-3-5-8-19/h3-5,7-8,12,14,18,20,22H,6,9-11,13,15-16H2,1-2H3,(H2,26,27)(H,28,30)/t18-,20+,22+/m0/s1. The Hall–Kier alpha value is -2.69. The first-order chi connectivity index (χ1) is 14.4. The number of anilines is 1. The summed E-state index contributed by atoms with van der Waals surface area (Å²) in [5, 5.41) is 2.97. The van der Waals surface area contributed by atoms with Gasteiger partial charge in [0.05, 0.1) is 6.04 Å². The van der Waals surface area contributed by atoms with Crippen LogP contribution >= 0.6 is 0 Å². The van der Waals surface area contributed by atoms with E-state index in [0.29, 0.717) is 24.6 Å². The van der Waals surface area contributed by atoms with Gasteiger partial charge >= 0.3 is 0 Å². The van der Waals surface area contributed by atoms with Crippen LogP contribution in [0.15, 0.2) is 42.5 Å². The molecule has 0 aliphatic heterocycles. The van der Waals surface area contributed by atoms with E-state index in [2.05, 4.69) is 34.6 Å². The Kier molecular flexibility index (Phi) is 7.61. The molecule has 3 N–H and O–H groups in total. The lowest BCUT2D eigenvalue weighted by atomic mass is 9.78. The summed E-state index contributed by atoms with van der Waals surface area (Å²) in [7, 11) is 0. The average Bonchev–Trinajstić information content (AvgIpc) is 2.73. The summed E-state index contributed by atoms with van der Waals surface area (Å²) in [6.07, 6.45) is 6.07. The van der Waals surface area contributed by atoms with Crippen LogP contribution in [-0.4, -0.2) is 22.7 Å². The summed E-state index contributed by atoms with van der Waals surface area (Å²) in [6.45, 7) is 3.69. The number of nitrogen functional groups attached to an aromatic ring is 1. The smallest absolute Gasteiger partial charge is 0.223 e. The van der Waals surface area contributed by atoms with Crippen LogP contribution in [-0.2, 0) is 22.4 Å². The van der Waals surface area contributed by atoms with Gasteiger partial charge in [0.1, 0.15) is 5.82 Å². The molecule has 3 rings (SSSR count). The molecule has 1 aromatic heterocycles. The van der Waals surface area contributed by atoms with Crippen molar-refractivity contribution in [3.05, 3.63) is 59.3 Å². The van der Waals surface area contributed by atoms with Gasteiger partial charge in [-0.25, -0.2) is 4.98 Å². The minimum Gasteiger partial charge on any atom is -0.384 e. The van der Waals surface area contributed by atoms with E-state index >= 15 is 0 Å². The Labute approximate surface area is 179 Å². The molecule has 30 heavy (non-hydrogen) atoms. The van der Waals surface area contributed by atoms with Crippen LogP contribution in [0, 0.1) is 18.8 Å². The Bertz CT molecular complexity index is 866. The quantitative estimate of drug-likeness (QED) is 0.692. The molecule has 0 bridgehead atoms. The van der Waals surface area contributed by atoms with Crippen LogP contribution in [0.5, 0.6) is 0 Å². The van der Waals surface area contributed by atoms with Crippen LogP contribution in [0.3, 0.4) is 0 Å². The Morgan fingerprint density at radius 1 is 1.17 bits per heavy atom. The van der Waals surface area contributed by atoms with Crippen molar-refractivity contribution < 1.29 is 9.59 Å². The number of nitrogens with two attached hydrogens (primary N) is 1. The minimum atomic E-state index is -0.464. The number of ketones is 1. The molecule has 5 nitrogen and oxygen atoms in total. The van der Waals surface area contributed by atoms with Crippen molar-refractivity contribution in [2.24, 2.45) is 11.8 Å². The van der Waals surface area contributed by atoms with Gasteiger partial charge in [0.25, 0.3) is 0 Å². The van der Waals surface area contributed by atoms with Crippen molar-refractivity contribution in [1.82, 2.24) is 10.3 Å². The van der Waals surface area contributed by atoms with E-state index in [1.807, 2.05) is 19.1 Å². The number of pyridine rings is 1. The SMILES string of the molecule is Cc1nc(N)ccc1CCC(=O)[C@H](C)NC(=O)[C@@H]1CCC[C@H](Cc2ccccc2)C1. The molecule has 0 unspecified atom stereocenters. The molecule has 3 atom stereocenters. The summed E-state index contributed by atoms with van der Waals surface area (Å²) in [4.78, 5) is 29.6. The monoisotopic (exact) mass is 407 g/mol. The largest absolute Gasteiger partial charge is 0.384 e. The number of hydrogen-bond donors (Lipinski definition) is 2. The predicted molar refractivity (Wildman–Crippen MR) is 120 cm³/mol. The lowest BCUT2D eigenvalue weighted by molar-refractivity contribution is -0.131. The van der Waals surface area contributed by atoms with E-state index in [4.69, 9.17) is 5.73 Å². The van der Waals surface area contributed by atoms with Gasteiger partial charge < -0.3 is 11.1 Å². The Balaban J connectivity index is 1.47. The van der Waals surface area contributed by atoms with Gasteiger partial charge in [-0.05, 0) is 62.6 Å². The van der Waals surface area contributed by atoms with E-state index < -0.39 is 6.04 Å². The second-order valence-electron chi connectivity index (χ2n) is 8.60. The molecule has 1 amide bonds. The topological polar surface area (TPSA) is 85.1 Å². The molecular weight excluding hydrogens is 374 g/mol. The van der Waals surface area contributed by atoms with Gasteiger partial charge in [0, 0.05) is 18.0 Å². The molecule has 1 aromatic carbocycles. The molecule has 1 fully saturated rings. The first-order valence-corrected chi connectivity index (χ1v) is 11.0. The number of nitrogens with zero attached hydrogens (tertiary/aromatic N) is 1. The fraction of sp³-hybridized carbons (Fsp3) is 0.480. The Morgan fingerprint density at radius 3 is 2.67 bits per heavy atom. The molecular formula is C25H33N3O2. The third-order valence-electron chi connectivity index (χ3n) is 6.22. The Morgan fingerprint density at radius 2 is 1.93 bits per heavy atom. The van der Waals surface area contributed by atoms with Gasteiger partial charge in [-0.15, -0.1) is 0 Å². The first-order valence-electron chi connectivity index (χ1n) is 11.0. The van der Waals surface area contributed by atoms with Crippen molar-refractivity contribution in [2.75, 3.05) is 5.73 Å². The molecule has 0 saturated heterocycles. The van der Waals surface area contributed by atoms with E-state index in [-0.39, 0.29) is 17.6 Å². The van der Waals surface area contributed by atoms with Gasteiger partial charge in [0.2, 0.25) is 5.91 Å². The first kappa shape index (κ1) is 22.0. The highest BCUT2D eigenvalue weighted by molar-refractivity contribution is 5.89. The number of aromatic nitrogens is 1. The van der Waals surface area contributed by atoms with Gasteiger partial charge in [0.15, 0.2) is 5.78 Å². The van der Waals surface area contributed by atoms with Crippen LogP contribution in [0.2, 0.25) is 0 Å². The number of aryl methyl sites for hydroxylation is 2. The molecule has 2 aromatic rings. The number of nitrogens with one attached hydrogen (secondary N) is 1. The number of carbonyl (C=O) groups is 2. The van der Waals surface area contributed by atoms with Crippen molar-refractivity contribution in [2.45, 2.75) is 64.8 Å². The number of hydrogen-bond acceptors (Lipinski definition) is 4. The molecule has 1 saturated carbocycles. The highest BCUT2D eigenvalue weighted by atomic mass is 16.2. The maximum atomic E-state index is 12.8. The zero-order chi connectivity index (χ0) is 21.5. The third-order valence-corrected chi connectivity index (χ3v) is 6.22. The van der Waals surface area contributed by atoms with E-state index in [1.54, 1.807) is 13.0 Å². The molecule has 5 heteroatoms. The summed E-state index contributed by atoms with van der Waals surface area (Å²) in [5.74, 6) is 1.10. The minimum absolute atomic E-state index is 0.00579.